The van der Waals surface area contributed by atoms with Crippen molar-refractivity contribution in [3.63, 3.8) is 0 Å². The molecule has 0 saturated carbocycles. The van der Waals surface area contributed by atoms with Crippen LogP contribution >= 0.6 is 0 Å². The zero-order valence-corrected chi connectivity index (χ0v) is 12.3. The lowest BCUT2D eigenvalue weighted by molar-refractivity contribution is -0.149. The molecule has 1 atom stereocenters. The van der Waals surface area contributed by atoms with E-state index in [0.717, 1.165) is 11.1 Å². The van der Waals surface area contributed by atoms with E-state index in [-0.39, 0.29) is 11.8 Å². The Kier molecular flexibility index (Phi) is 4.73. The van der Waals surface area contributed by atoms with Gasteiger partial charge in [-0.2, -0.15) is 0 Å². The third kappa shape index (κ3) is 3.48. The van der Waals surface area contributed by atoms with Gasteiger partial charge < -0.3 is 4.74 Å². The Bertz CT molecular complexity index is 592. The highest BCUT2D eigenvalue weighted by Crippen LogP contribution is 2.30. The number of benzene rings is 2. The second kappa shape index (κ2) is 6.53. The maximum absolute atomic E-state index is 13.1. The first-order chi connectivity index (χ1) is 10.1. The summed E-state index contributed by atoms with van der Waals surface area (Å²) in [7, 11) is 0. The van der Waals surface area contributed by atoms with Gasteiger partial charge in [-0.05, 0) is 43.5 Å². The first kappa shape index (κ1) is 15.2. The molecule has 0 bridgehead atoms. The minimum Gasteiger partial charge on any atom is -0.465 e. The molecule has 21 heavy (non-hydrogen) atoms. The largest absolute Gasteiger partial charge is 0.465 e. The molecule has 0 radical (unpaired) electrons. The van der Waals surface area contributed by atoms with Crippen molar-refractivity contribution < 1.29 is 13.9 Å². The molecular formula is C18H19FO2. The predicted octanol–water partition coefficient (Wildman–Crippen LogP) is 3.89. The molecule has 0 saturated heterocycles. The maximum Gasteiger partial charge on any atom is 0.316 e. The quantitative estimate of drug-likeness (QED) is 0.779. The Morgan fingerprint density at radius 3 is 2.29 bits per heavy atom. The summed E-state index contributed by atoms with van der Waals surface area (Å²) in [5, 5.41) is 0. The number of ether oxygens (including phenoxy) is 1. The van der Waals surface area contributed by atoms with Crippen LogP contribution in [0.2, 0.25) is 0 Å². The smallest absolute Gasteiger partial charge is 0.316 e. The highest BCUT2D eigenvalue weighted by atomic mass is 19.1. The van der Waals surface area contributed by atoms with Crippen molar-refractivity contribution in [1.29, 1.82) is 0 Å². The van der Waals surface area contributed by atoms with Crippen molar-refractivity contribution in [1.82, 2.24) is 0 Å². The van der Waals surface area contributed by atoms with Gasteiger partial charge in [-0.1, -0.05) is 42.5 Å². The van der Waals surface area contributed by atoms with Crippen LogP contribution in [0.3, 0.4) is 0 Å². The van der Waals surface area contributed by atoms with Crippen LogP contribution in [0.15, 0.2) is 54.6 Å². The van der Waals surface area contributed by atoms with Crippen molar-refractivity contribution in [2.24, 2.45) is 0 Å². The zero-order chi connectivity index (χ0) is 15.3. The Morgan fingerprint density at radius 1 is 1.10 bits per heavy atom. The molecule has 1 unspecified atom stereocenters. The highest BCUT2D eigenvalue weighted by Gasteiger charge is 2.36. The van der Waals surface area contributed by atoms with Gasteiger partial charge in [-0.25, -0.2) is 4.39 Å². The summed E-state index contributed by atoms with van der Waals surface area (Å²) >= 11 is 0. The summed E-state index contributed by atoms with van der Waals surface area (Å²) in [6.45, 7) is 3.95. The van der Waals surface area contributed by atoms with E-state index in [1.165, 1.54) is 12.1 Å². The van der Waals surface area contributed by atoms with E-state index in [4.69, 9.17) is 4.74 Å². The van der Waals surface area contributed by atoms with E-state index in [9.17, 15) is 9.18 Å². The van der Waals surface area contributed by atoms with Crippen LogP contribution < -0.4 is 0 Å². The molecule has 0 aliphatic heterocycles. The molecule has 110 valence electrons. The fraction of sp³-hybridized carbons (Fsp3) is 0.278. The molecule has 2 rings (SSSR count). The van der Waals surface area contributed by atoms with Crippen molar-refractivity contribution in [3.05, 3.63) is 71.5 Å². The average molecular weight is 286 g/mol. The molecule has 0 aliphatic carbocycles. The first-order valence-electron chi connectivity index (χ1n) is 7.03. The highest BCUT2D eigenvalue weighted by molar-refractivity contribution is 5.83. The molecular weight excluding hydrogens is 267 g/mol. The van der Waals surface area contributed by atoms with Crippen LogP contribution in [0.4, 0.5) is 4.39 Å². The van der Waals surface area contributed by atoms with Crippen molar-refractivity contribution in [3.8, 4) is 0 Å². The van der Waals surface area contributed by atoms with Crippen LogP contribution in [-0.2, 0) is 21.4 Å². The molecule has 0 aliphatic rings. The number of hydrogen-bond acceptors (Lipinski definition) is 2. The standard InChI is InChI=1S/C18H19FO2/c1-3-21-17(20)18(2,13-14-7-5-4-6-8-14)15-9-11-16(19)12-10-15/h4-12H,3,13H2,1-2H3. The van der Waals surface area contributed by atoms with Gasteiger partial charge in [-0.3, -0.25) is 4.79 Å². The molecule has 2 nitrogen and oxygen atoms in total. The topological polar surface area (TPSA) is 26.3 Å². The molecule has 0 heterocycles. The van der Waals surface area contributed by atoms with Crippen LogP contribution in [0.5, 0.6) is 0 Å². The molecule has 0 aromatic heterocycles. The normalized spacial score (nSPS) is 13.5. The lowest BCUT2D eigenvalue weighted by Gasteiger charge is -2.28. The Hall–Kier alpha value is -2.16. The van der Waals surface area contributed by atoms with Gasteiger partial charge in [0.25, 0.3) is 0 Å². The minimum atomic E-state index is -0.828. The van der Waals surface area contributed by atoms with Crippen LogP contribution in [0.25, 0.3) is 0 Å². The average Bonchev–Trinajstić information content (AvgIpc) is 2.49. The van der Waals surface area contributed by atoms with E-state index in [0.29, 0.717) is 13.0 Å². The van der Waals surface area contributed by atoms with Gasteiger partial charge in [-0.15, -0.1) is 0 Å². The number of carbonyl (C=O) groups excluding carboxylic acids is 1. The van der Waals surface area contributed by atoms with Crippen molar-refractivity contribution >= 4 is 5.97 Å². The Balaban J connectivity index is 2.38. The van der Waals surface area contributed by atoms with E-state index in [2.05, 4.69) is 0 Å². The van der Waals surface area contributed by atoms with E-state index >= 15 is 0 Å². The van der Waals surface area contributed by atoms with Crippen molar-refractivity contribution in [2.75, 3.05) is 6.61 Å². The third-order valence-corrected chi connectivity index (χ3v) is 3.61. The lowest BCUT2D eigenvalue weighted by Crippen LogP contribution is -2.36. The zero-order valence-electron chi connectivity index (χ0n) is 12.3. The van der Waals surface area contributed by atoms with E-state index < -0.39 is 5.41 Å². The number of esters is 1. The van der Waals surface area contributed by atoms with Crippen LogP contribution in [0, 0.1) is 5.82 Å². The fourth-order valence-corrected chi connectivity index (χ4v) is 2.40. The van der Waals surface area contributed by atoms with Gasteiger partial charge in [0.05, 0.1) is 12.0 Å². The fourth-order valence-electron chi connectivity index (χ4n) is 2.40. The summed E-state index contributed by atoms with van der Waals surface area (Å²) in [6.07, 6.45) is 0.512. The summed E-state index contributed by atoms with van der Waals surface area (Å²) in [5.74, 6) is -0.606. The number of halogens is 1. The summed E-state index contributed by atoms with van der Waals surface area (Å²) in [5.41, 5.74) is 0.967. The predicted molar refractivity (Wildman–Crippen MR) is 80.5 cm³/mol. The summed E-state index contributed by atoms with van der Waals surface area (Å²) in [4.78, 5) is 12.4. The minimum absolute atomic E-state index is 0.291. The maximum atomic E-state index is 13.1. The summed E-state index contributed by atoms with van der Waals surface area (Å²) in [6, 6.07) is 15.8. The molecule has 0 fully saturated rings. The van der Waals surface area contributed by atoms with Crippen molar-refractivity contribution in [2.45, 2.75) is 25.7 Å². The van der Waals surface area contributed by atoms with Gasteiger partial charge in [0, 0.05) is 0 Å². The molecule has 0 amide bonds. The Labute approximate surface area is 124 Å². The summed E-state index contributed by atoms with van der Waals surface area (Å²) < 4.78 is 18.4. The van der Waals surface area contributed by atoms with Gasteiger partial charge in [0.15, 0.2) is 0 Å². The molecule has 2 aromatic carbocycles. The Morgan fingerprint density at radius 2 is 1.71 bits per heavy atom. The van der Waals surface area contributed by atoms with Gasteiger partial charge in [0.1, 0.15) is 5.82 Å². The lowest BCUT2D eigenvalue weighted by atomic mass is 9.77. The number of rotatable bonds is 5. The third-order valence-electron chi connectivity index (χ3n) is 3.61. The molecule has 0 spiro atoms. The second-order valence-electron chi connectivity index (χ2n) is 5.22. The second-order valence-corrected chi connectivity index (χ2v) is 5.22. The molecule has 3 heteroatoms. The molecule has 0 N–H and O–H groups in total. The van der Waals surface area contributed by atoms with E-state index in [1.54, 1.807) is 19.1 Å². The SMILES string of the molecule is CCOC(=O)C(C)(Cc1ccccc1)c1ccc(F)cc1. The molecule has 2 aromatic rings. The van der Waals surface area contributed by atoms with Crippen LogP contribution in [0.1, 0.15) is 25.0 Å². The monoisotopic (exact) mass is 286 g/mol. The van der Waals surface area contributed by atoms with Crippen LogP contribution in [-0.4, -0.2) is 12.6 Å². The van der Waals surface area contributed by atoms with E-state index in [1.807, 2.05) is 37.3 Å². The first-order valence-corrected chi connectivity index (χ1v) is 7.03. The number of carbonyl (C=O) groups is 1. The van der Waals surface area contributed by atoms with Gasteiger partial charge >= 0.3 is 5.97 Å². The number of hydrogen-bond donors (Lipinski definition) is 0. The van der Waals surface area contributed by atoms with Gasteiger partial charge in [0.2, 0.25) is 0 Å².